The lowest BCUT2D eigenvalue weighted by Gasteiger charge is -2.33. The summed E-state index contributed by atoms with van der Waals surface area (Å²) >= 11 is 0. The highest BCUT2D eigenvalue weighted by molar-refractivity contribution is 5.91. The average molecular weight is 432 g/mol. The van der Waals surface area contributed by atoms with Gasteiger partial charge in [-0.15, -0.1) is 0 Å². The first-order chi connectivity index (χ1) is 14.3. The number of hydrogen-bond donors (Lipinski definition) is 2. The minimum Gasteiger partial charge on any atom is -0.444 e. The molecule has 2 rings (SSSR count). The van der Waals surface area contributed by atoms with Crippen molar-refractivity contribution in [3.8, 4) is 0 Å². The Hall–Kier alpha value is -2.57. The van der Waals surface area contributed by atoms with E-state index in [1.165, 1.54) is 0 Å². The van der Waals surface area contributed by atoms with E-state index >= 15 is 0 Å². The second kappa shape index (κ2) is 9.71. The van der Waals surface area contributed by atoms with Crippen LogP contribution in [0.4, 0.5) is 4.79 Å². The van der Waals surface area contributed by atoms with Gasteiger partial charge in [-0.05, 0) is 71.9 Å². The van der Waals surface area contributed by atoms with Gasteiger partial charge in [-0.1, -0.05) is 30.7 Å². The first-order valence-corrected chi connectivity index (χ1v) is 11.0. The quantitative estimate of drug-likeness (QED) is 0.690. The van der Waals surface area contributed by atoms with Gasteiger partial charge in [0, 0.05) is 12.1 Å². The molecule has 7 nitrogen and oxygen atoms in total. The Kier molecular flexibility index (Phi) is 7.73. The normalized spacial score (nSPS) is 18.9. The summed E-state index contributed by atoms with van der Waals surface area (Å²) < 4.78 is 5.25. The summed E-state index contributed by atoms with van der Waals surface area (Å²) in [6, 6.07) is 5.06. The third kappa shape index (κ3) is 6.97. The van der Waals surface area contributed by atoms with Gasteiger partial charge < -0.3 is 20.3 Å². The minimum absolute atomic E-state index is 0.0456. The fraction of sp³-hybridized carbons (Fsp3) is 0.625. The van der Waals surface area contributed by atoms with Crippen molar-refractivity contribution in [1.82, 2.24) is 15.5 Å². The molecule has 0 radical (unpaired) electrons. The predicted molar refractivity (Wildman–Crippen MR) is 121 cm³/mol. The van der Waals surface area contributed by atoms with Crippen molar-refractivity contribution in [3.05, 3.63) is 34.9 Å². The number of nitrogens with zero attached hydrogens (tertiary/aromatic N) is 1. The number of benzene rings is 1. The van der Waals surface area contributed by atoms with Gasteiger partial charge in [0.25, 0.3) is 0 Å². The Morgan fingerprint density at radius 2 is 1.81 bits per heavy atom. The number of nitrogens with one attached hydrogen (secondary N) is 2. The van der Waals surface area contributed by atoms with Gasteiger partial charge in [0.2, 0.25) is 11.8 Å². The number of ether oxygens (including phenoxy) is 1. The summed E-state index contributed by atoms with van der Waals surface area (Å²) in [6.45, 7) is 14.8. The van der Waals surface area contributed by atoms with Crippen LogP contribution < -0.4 is 10.6 Å². The fourth-order valence-electron chi connectivity index (χ4n) is 3.60. The van der Waals surface area contributed by atoms with E-state index in [0.29, 0.717) is 5.92 Å². The van der Waals surface area contributed by atoms with Gasteiger partial charge in [-0.25, -0.2) is 4.79 Å². The first-order valence-electron chi connectivity index (χ1n) is 11.0. The Balaban J connectivity index is 2.35. The molecule has 0 aromatic heterocycles. The van der Waals surface area contributed by atoms with Gasteiger partial charge >= 0.3 is 6.09 Å². The van der Waals surface area contributed by atoms with E-state index in [2.05, 4.69) is 17.6 Å². The summed E-state index contributed by atoms with van der Waals surface area (Å²) in [5, 5.41) is 5.52. The molecule has 0 spiro atoms. The summed E-state index contributed by atoms with van der Waals surface area (Å²) in [5.74, 6) is -0.219. The monoisotopic (exact) mass is 431 g/mol. The molecule has 3 unspecified atom stereocenters. The second-order valence-corrected chi connectivity index (χ2v) is 9.86. The van der Waals surface area contributed by atoms with E-state index in [1.807, 2.05) is 45.9 Å². The molecule has 0 bridgehead atoms. The molecule has 3 amide bonds. The Morgan fingerprint density at radius 3 is 2.32 bits per heavy atom. The van der Waals surface area contributed by atoms with Crippen LogP contribution in [0, 0.1) is 19.8 Å². The van der Waals surface area contributed by atoms with Crippen LogP contribution in [0.2, 0.25) is 0 Å². The van der Waals surface area contributed by atoms with Gasteiger partial charge in [0.05, 0.1) is 0 Å². The predicted octanol–water partition coefficient (Wildman–Crippen LogP) is 3.63. The molecule has 1 aromatic rings. The number of amides is 3. The molecule has 172 valence electrons. The molecule has 31 heavy (non-hydrogen) atoms. The fourth-order valence-corrected chi connectivity index (χ4v) is 3.60. The van der Waals surface area contributed by atoms with Gasteiger partial charge in [0.15, 0.2) is 0 Å². The van der Waals surface area contributed by atoms with Crippen LogP contribution in [0.5, 0.6) is 0 Å². The van der Waals surface area contributed by atoms with Crippen LogP contribution in [0.25, 0.3) is 0 Å². The van der Waals surface area contributed by atoms with Gasteiger partial charge in [0.1, 0.15) is 18.2 Å². The summed E-state index contributed by atoms with van der Waals surface area (Å²) in [7, 11) is 0. The number of carbonyl (C=O) groups is 3. The summed E-state index contributed by atoms with van der Waals surface area (Å²) in [5.41, 5.74) is 2.12. The Labute approximate surface area is 185 Å². The summed E-state index contributed by atoms with van der Waals surface area (Å²) in [4.78, 5) is 40.4. The van der Waals surface area contributed by atoms with Crippen molar-refractivity contribution in [2.75, 3.05) is 6.54 Å². The standard InChI is InChI=1S/C24H37N3O4/c1-14(2)26-22(29)21(18-11-15(3)9-10-16(18)4)27(19-12-17(19)5)20(28)13-25-23(30)31-24(6,7)8/h9-11,14,17,19,21H,12-13H2,1-8H3,(H,25,30)(H,26,29). The van der Waals surface area contributed by atoms with E-state index in [4.69, 9.17) is 4.74 Å². The number of hydrogen-bond acceptors (Lipinski definition) is 4. The van der Waals surface area contributed by atoms with Crippen molar-refractivity contribution in [1.29, 1.82) is 0 Å². The largest absolute Gasteiger partial charge is 0.444 e. The zero-order valence-corrected chi connectivity index (χ0v) is 20.0. The molecule has 3 atom stereocenters. The molecule has 1 fully saturated rings. The van der Waals surface area contributed by atoms with E-state index in [-0.39, 0.29) is 30.4 Å². The summed E-state index contributed by atoms with van der Waals surface area (Å²) in [6.07, 6.45) is 0.175. The molecule has 1 aromatic carbocycles. The van der Waals surface area contributed by atoms with E-state index in [9.17, 15) is 14.4 Å². The molecular weight excluding hydrogens is 394 g/mol. The van der Waals surface area contributed by atoms with Crippen LogP contribution >= 0.6 is 0 Å². The molecule has 0 heterocycles. The Bertz CT molecular complexity index is 829. The van der Waals surface area contributed by atoms with Crippen LogP contribution in [-0.4, -0.2) is 47.0 Å². The average Bonchev–Trinajstić information content (AvgIpc) is 3.33. The van der Waals surface area contributed by atoms with E-state index in [1.54, 1.807) is 25.7 Å². The van der Waals surface area contributed by atoms with Crippen molar-refractivity contribution >= 4 is 17.9 Å². The van der Waals surface area contributed by atoms with Crippen molar-refractivity contribution in [2.24, 2.45) is 5.92 Å². The van der Waals surface area contributed by atoms with Crippen molar-refractivity contribution in [3.63, 3.8) is 0 Å². The molecule has 1 aliphatic rings. The minimum atomic E-state index is -0.759. The molecule has 1 saturated carbocycles. The zero-order chi connectivity index (χ0) is 23.5. The van der Waals surface area contributed by atoms with Crippen molar-refractivity contribution < 1.29 is 19.1 Å². The number of aryl methyl sites for hydroxylation is 2. The lowest BCUT2D eigenvalue weighted by atomic mass is 9.96. The first kappa shape index (κ1) is 24.7. The highest BCUT2D eigenvalue weighted by Gasteiger charge is 2.46. The second-order valence-electron chi connectivity index (χ2n) is 9.86. The van der Waals surface area contributed by atoms with Crippen LogP contribution in [0.15, 0.2) is 18.2 Å². The van der Waals surface area contributed by atoms with Gasteiger partial charge in [-0.2, -0.15) is 0 Å². The van der Waals surface area contributed by atoms with E-state index < -0.39 is 17.7 Å². The van der Waals surface area contributed by atoms with Crippen molar-refractivity contribution in [2.45, 2.75) is 85.5 Å². The molecular formula is C24H37N3O4. The lowest BCUT2D eigenvalue weighted by Crippen LogP contribution is -2.50. The number of carbonyl (C=O) groups excluding carboxylic acids is 3. The SMILES string of the molecule is Cc1ccc(C)c(C(C(=O)NC(C)C)N(C(=O)CNC(=O)OC(C)(C)C)C2CC2C)c1. The van der Waals surface area contributed by atoms with Crippen LogP contribution in [0.1, 0.15) is 70.7 Å². The van der Waals surface area contributed by atoms with Gasteiger partial charge in [-0.3, -0.25) is 9.59 Å². The third-order valence-electron chi connectivity index (χ3n) is 5.18. The molecule has 0 saturated heterocycles. The third-order valence-corrected chi connectivity index (χ3v) is 5.18. The highest BCUT2D eigenvalue weighted by atomic mass is 16.6. The zero-order valence-electron chi connectivity index (χ0n) is 20.0. The van der Waals surface area contributed by atoms with Crippen LogP contribution in [0.3, 0.4) is 0 Å². The molecule has 1 aliphatic carbocycles. The lowest BCUT2D eigenvalue weighted by molar-refractivity contribution is -0.141. The maximum Gasteiger partial charge on any atom is 0.408 e. The topological polar surface area (TPSA) is 87.7 Å². The Morgan fingerprint density at radius 1 is 1.19 bits per heavy atom. The van der Waals surface area contributed by atoms with E-state index in [0.717, 1.165) is 23.1 Å². The number of rotatable bonds is 7. The molecule has 0 aliphatic heterocycles. The maximum absolute atomic E-state index is 13.3. The number of alkyl carbamates (subject to hydrolysis) is 1. The highest BCUT2D eigenvalue weighted by Crippen LogP contribution is 2.41. The molecule has 2 N–H and O–H groups in total. The maximum atomic E-state index is 13.3. The molecule has 7 heteroatoms. The van der Waals surface area contributed by atoms with Crippen LogP contribution in [-0.2, 0) is 14.3 Å². The smallest absolute Gasteiger partial charge is 0.408 e.